The predicted octanol–water partition coefficient (Wildman–Crippen LogP) is 5.04. The van der Waals surface area contributed by atoms with Crippen molar-refractivity contribution < 1.29 is 19.4 Å². The number of aromatic nitrogens is 2. The van der Waals surface area contributed by atoms with Gasteiger partial charge < -0.3 is 19.9 Å². The molecule has 1 aromatic heterocycles. The maximum Gasteiger partial charge on any atom is 0.237 e. The summed E-state index contributed by atoms with van der Waals surface area (Å²) in [5.74, 6) is 0.835. The van der Waals surface area contributed by atoms with Crippen molar-refractivity contribution in [1.82, 2.24) is 9.97 Å². The molecule has 8 heteroatoms. The fraction of sp³-hybridized carbons (Fsp3) is 0.190. The van der Waals surface area contributed by atoms with Gasteiger partial charge in [0.15, 0.2) is 11.5 Å². The molecule has 0 saturated heterocycles. The van der Waals surface area contributed by atoms with Crippen molar-refractivity contribution in [3.63, 3.8) is 0 Å². The minimum Gasteiger partial charge on any atom is -0.504 e. The van der Waals surface area contributed by atoms with Crippen molar-refractivity contribution in [3.05, 3.63) is 53.8 Å². The lowest BCUT2D eigenvalue weighted by atomic mass is 10.1. The van der Waals surface area contributed by atoms with Crippen LogP contribution in [0.25, 0.3) is 11.3 Å². The number of rotatable bonds is 7. The molecule has 0 radical (unpaired) electrons. The van der Waals surface area contributed by atoms with E-state index < -0.39 is 0 Å². The van der Waals surface area contributed by atoms with Crippen LogP contribution in [0.5, 0.6) is 23.1 Å². The average Bonchev–Trinajstić information content (AvgIpc) is 2.71. The summed E-state index contributed by atoms with van der Waals surface area (Å²) < 4.78 is 11.0. The van der Waals surface area contributed by atoms with Crippen molar-refractivity contribution >= 4 is 23.2 Å². The van der Waals surface area contributed by atoms with Gasteiger partial charge in [0.25, 0.3) is 0 Å². The Morgan fingerprint density at radius 1 is 1.14 bits per heavy atom. The number of benzene rings is 2. The van der Waals surface area contributed by atoms with Gasteiger partial charge in [-0.05, 0) is 42.8 Å². The highest BCUT2D eigenvalue weighted by Crippen LogP contribution is 2.42. The standard InChI is InChI=1S/C21H20ClN3O4/c1-3-4-18(27)25-15-9-10-17(26)21(28-2)20(15)16-11-24-19(12-23-16)29-14-7-5-13(22)6-8-14/h5-12,26H,3-4H2,1-2H3,(H,25,27). The molecule has 3 aromatic rings. The number of phenolic OH excluding ortho intramolecular Hbond substituents is 1. The molecule has 2 aromatic carbocycles. The Hall–Kier alpha value is -3.32. The fourth-order valence-electron chi connectivity index (χ4n) is 2.70. The van der Waals surface area contributed by atoms with E-state index in [1.807, 2.05) is 6.92 Å². The molecule has 29 heavy (non-hydrogen) atoms. The second-order valence-electron chi connectivity index (χ2n) is 6.13. The van der Waals surface area contributed by atoms with Gasteiger partial charge in [0, 0.05) is 11.4 Å². The van der Waals surface area contributed by atoms with Crippen LogP contribution in [0.1, 0.15) is 19.8 Å². The third-order valence-electron chi connectivity index (χ3n) is 4.01. The van der Waals surface area contributed by atoms with Crippen LogP contribution in [0.3, 0.4) is 0 Å². The van der Waals surface area contributed by atoms with Crippen LogP contribution < -0.4 is 14.8 Å². The molecule has 1 amide bonds. The molecule has 0 bridgehead atoms. The number of nitrogens with one attached hydrogen (secondary N) is 1. The van der Waals surface area contributed by atoms with E-state index in [1.54, 1.807) is 30.3 Å². The number of halogens is 1. The first kappa shape index (κ1) is 20.4. The maximum atomic E-state index is 12.1. The van der Waals surface area contributed by atoms with Crippen molar-refractivity contribution in [3.8, 4) is 34.4 Å². The third-order valence-corrected chi connectivity index (χ3v) is 4.26. The molecule has 2 N–H and O–H groups in total. The first-order valence-electron chi connectivity index (χ1n) is 8.97. The second-order valence-corrected chi connectivity index (χ2v) is 6.57. The third kappa shape index (κ3) is 4.94. The van der Waals surface area contributed by atoms with Crippen molar-refractivity contribution in [2.45, 2.75) is 19.8 Å². The van der Waals surface area contributed by atoms with Crippen LogP contribution in [0, 0.1) is 0 Å². The molecule has 0 spiro atoms. The molecule has 0 atom stereocenters. The molecular formula is C21H20ClN3O4. The topological polar surface area (TPSA) is 93.6 Å². The van der Waals surface area contributed by atoms with E-state index in [1.165, 1.54) is 25.6 Å². The molecule has 1 heterocycles. The number of amides is 1. The van der Waals surface area contributed by atoms with Crippen molar-refractivity contribution in [2.75, 3.05) is 12.4 Å². The van der Waals surface area contributed by atoms with Gasteiger partial charge in [0.05, 0.1) is 36.4 Å². The lowest BCUT2D eigenvalue weighted by Gasteiger charge is -2.15. The van der Waals surface area contributed by atoms with Crippen molar-refractivity contribution in [1.29, 1.82) is 0 Å². The molecule has 0 aliphatic carbocycles. The van der Waals surface area contributed by atoms with Gasteiger partial charge in [-0.15, -0.1) is 0 Å². The Balaban J connectivity index is 1.93. The summed E-state index contributed by atoms with van der Waals surface area (Å²) in [6.07, 6.45) is 4.03. The SMILES string of the molecule is CCCC(=O)Nc1ccc(O)c(OC)c1-c1cnc(Oc2ccc(Cl)cc2)cn1. The highest BCUT2D eigenvalue weighted by molar-refractivity contribution is 6.30. The van der Waals surface area contributed by atoms with Crippen LogP contribution in [0.15, 0.2) is 48.8 Å². The van der Waals surface area contributed by atoms with Crippen LogP contribution in [0.4, 0.5) is 5.69 Å². The lowest BCUT2D eigenvalue weighted by Crippen LogP contribution is -2.12. The predicted molar refractivity (Wildman–Crippen MR) is 111 cm³/mol. The number of nitrogens with zero attached hydrogens (tertiary/aromatic N) is 2. The summed E-state index contributed by atoms with van der Waals surface area (Å²) in [5, 5.41) is 13.6. The van der Waals surface area contributed by atoms with E-state index in [0.717, 1.165) is 0 Å². The molecule has 3 rings (SSSR count). The summed E-state index contributed by atoms with van der Waals surface area (Å²) in [4.78, 5) is 20.7. The van der Waals surface area contributed by atoms with Gasteiger partial charge in [-0.3, -0.25) is 4.79 Å². The molecular weight excluding hydrogens is 394 g/mol. The van der Waals surface area contributed by atoms with Gasteiger partial charge in [0.1, 0.15) is 5.75 Å². The monoisotopic (exact) mass is 413 g/mol. The fourth-order valence-corrected chi connectivity index (χ4v) is 2.82. The number of aromatic hydroxyl groups is 1. The summed E-state index contributed by atoms with van der Waals surface area (Å²) in [6, 6.07) is 9.91. The Morgan fingerprint density at radius 3 is 2.52 bits per heavy atom. The minimum atomic E-state index is -0.142. The molecule has 0 saturated carbocycles. The van der Waals surface area contributed by atoms with Gasteiger partial charge in [-0.2, -0.15) is 0 Å². The van der Waals surface area contributed by atoms with E-state index in [9.17, 15) is 9.90 Å². The van der Waals surface area contributed by atoms with E-state index in [0.29, 0.717) is 40.6 Å². The molecule has 7 nitrogen and oxygen atoms in total. The van der Waals surface area contributed by atoms with E-state index in [-0.39, 0.29) is 23.3 Å². The number of hydrogen-bond acceptors (Lipinski definition) is 6. The Labute approximate surface area is 173 Å². The number of carbonyl (C=O) groups is 1. The van der Waals surface area contributed by atoms with Crippen LogP contribution >= 0.6 is 11.6 Å². The molecule has 0 aliphatic heterocycles. The quantitative estimate of drug-likeness (QED) is 0.527. The zero-order valence-electron chi connectivity index (χ0n) is 16.0. The summed E-state index contributed by atoms with van der Waals surface area (Å²) in [6.45, 7) is 1.92. The van der Waals surface area contributed by atoms with E-state index in [4.69, 9.17) is 21.1 Å². The summed E-state index contributed by atoms with van der Waals surface area (Å²) in [7, 11) is 1.43. The first-order valence-corrected chi connectivity index (χ1v) is 9.35. The van der Waals surface area contributed by atoms with Crippen molar-refractivity contribution in [2.24, 2.45) is 0 Å². The number of phenols is 1. The van der Waals surface area contributed by atoms with E-state index >= 15 is 0 Å². The number of carbonyl (C=O) groups excluding carboxylic acids is 1. The Bertz CT molecular complexity index is 992. The lowest BCUT2D eigenvalue weighted by molar-refractivity contribution is -0.116. The van der Waals surface area contributed by atoms with Gasteiger partial charge in [0.2, 0.25) is 11.8 Å². The number of ether oxygens (including phenoxy) is 2. The summed E-state index contributed by atoms with van der Waals surface area (Å²) >= 11 is 5.87. The largest absolute Gasteiger partial charge is 0.504 e. The second kappa shape index (κ2) is 9.25. The Morgan fingerprint density at radius 2 is 1.90 bits per heavy atom. The summed E-state index contributed by atoms with van der Waals surface area (Å²) in [5.41, 5.74) is 1.31. The normalized spacial score (nSPS) is 10.4. The van der Waals surface area contributed by atoms with Crippen LogP contribution in [0.2, 0.25) is 5.02 Å². The smallest absolute Gasteiger partial charge is 0.237 e. The maximum absolute atomic E-state index is 12.1. The van der Waals surface area contributed by atoms with Gasteiger partial charge >= 0.3 is 0 Å². The molecule has 0 unspecified atom stereocenters. The van der Waals surface area contributed by atoms with Gasteiger partial charge in [-0.25, -0.2) is 9.97 Å². The van der Waals surface area contributed by atoms with Gasteiger partial charge in [-0.1, -0.05) is 18.5 Å². The number of methoxy groups -OCH3 is 1. The highest BCUT2D eigenvalue weighted by Gasteiger charge is 2.19. The first-order chi connectivity index (χ1) is 14.0. The van der Waals surface area contributed by atoms with Crippen LogP contribution in [-0.4, -0.2) is 28.1 Å². The Kier molecular flexibility index (Phi) is 6.51. The average molecular weight is 414 g/mol. The molecule has 0 aliphatic rings. The van der Waals surface area contributed by atoms with E-state index in [2.05, 4.69) is 15.3 Å². The zero-order chi connectivity index (χ0) is 20.8. The number of anilines is 1. The van der Waals surface area contributed by atoms with Crippen LogP contribution in [-0.2, 0) is 4.79 Å². The molecule has 0 fully saturated rings. The minimum absolute atomic E-state index is 0.0701. The zero-order valence-corrected chi connectivity index (χ0v) is 16.7. The number of hydrogen-bond donors (Lipinski definition) is 2. The molecule has 150 valence electrons. The highest BCUT2D eigenvalue weighted by atomic mass is 35.5.